The van der Waals surface area contributed by atoms with Gasteiger partial charge in [-0.2, -0.15) is 4.98 Å². The maximum Gasteiger partial charge on any atom is 0.355 e. The van der Waals surface area contributed by atoms with E-state index >= 15 is 8.78 Å². The maximum absolute atomic E-state index is 16.1. The Kier molecular flexibility index (Phi) is 6.48. The van der Waals surface area contributed by atoms with Crippen LogP contribution in [0.1, 0.15) is 43.9 Å². The van der Waals surface area contributed by atoms with Crippen LogP contribution in [0.2, 0.25) is 0 Å². The molecule has 0 N–H and O–H groups in total. The number of hydrogen-bond acceptors (Lipinski definition) is 7. The first-order valence-electron chi connectivity index (χ1n) is 14.5. The summed E-state index contributed by atoms with van der Waals surface area (Å²) in [4.78, 5) is 44.0. The molecule has 220 valence electrons. The van der Waals surface area contributed by atoms with Gasteiger partial charge < -0.3 is 14.5 Å². The average Bonchev–Trinajstić information content (AvgIpc) is 3.29. The minimum Gasteiger partial charge on any atom is -0.493 e. The second-order valence-electron chi connectivity index (χ2n) is 11.5. The third-order valence-corrected chi connectivity index (χ3v) is 8.69. The van der Waals surface area contributed by atoms with Crippen LogP contribution in [0.3, 0.4) is 0 Å². The number of pyridine rings is 2. The molecule has 6 heterocycles. The van der Waals surface area contributed by atoms with Gasteiger partial charge in [-0.3, -0.25) is 9.78 Å². The molecule has 0 aliphatic carbocycles. The molecule has 0 spiro atoms. The van der Waals surface area contributed by atoms with E-state index in [0.29, 0.717) is 54.9 Å². The Hall–Kier alpha value is -4.67. The SMILES string of the molecule is C=CC(=O)N1CC2C1CCN2c1nc(=O)n2c3nc(c(F)cc13)-c1c(F)cccc1OCCCc1ccnc(C(C)C)c1-2. The van der Waals surface area contributed by atoms with Crippen molar-refractivity contribution >= 4 is 22.8 Å². The zero-order valence-corrected chi connectivity index (χ0v) is 23.9. The summed E-state index contributed by atoms with van der Waals surface area (Å²) in [6, 6.07) is 7.33. The molecule has 0 radical (unpaired) electrons. The second kappa shape index (κ2) is 10.3. The molecule has 4 aromatic rings. The van der Waals surface area contributed by atoms with Gasteiger partial charge in [-0.25, -0.2) is 23.1 Å². The van der Waals surface area contributed by atoms with Gasteiger partial charge in [-0.05, 0) is 61.1 Å². The highest BCUT2D eigenvalue weighted by Gasteiger charge is 2.49. The van der Waals surface area contributed by atoms with Gasteiger partial charge in [0.1, 0.15) is 23.1 Å². The molecule has 2 saturated heterocycles. The highest BCUT2D eigenvalue weighted by Crippen LogP contribution is 2.41. The van der Waals surface area contributed by atoms with Crippen molar-refractivity contribution in [2.75, 3.05) is 24.6 Å². The van der Waals surface area contributed by atoms with Crippen LogP contribution < -0.4 is 15.3 Å². The third kappa shape index (κ3) is 4.20. The van der Waals surface area contributed by atoms with Gasteiger partial charge in [0.15, 0.2) is 11.5 Å². The molecule has 1 amide bonds. The van der Waals surface area contributed by atoms with Crippen LogP contribution in [0.4, 0.5) is 14.6 Å². The monoisotopic (exact) mass is 584 g/mol. The van der Waals surface area contributed by atoms with E-state index < -0.39 is 17.3 Å². The first kappa shape index (κ1) is 27.2. The Bertz CT molecular complexity index is 1870. The molecular formula is C32H30F2N6O3. The molecule has 3 aliphatic rings. The van der Waals surface area contributed by atoms with Crippen molar-refractivity contribution in [1.29, 1.82) is 0 Å². The minimum atomic E-state index is -0.768. The normalized spacial score (nSPS) is 19.2. The number of nitrogens with zero attached hydrogens (tertiary/aromatic N) is 6. The van der Waals surface area contributed by atoms with Crippen LogP contribution in [-0.4, -0.2) is 62.1 Å². The Balaban J connectivity index is 1.53. The number of carbonyl (C=O) groups excluding carboxylic acids is 1. The first-order valence-corrected chi connectivity index (χ1v) is 14.5. The molecule has 2 bridgehead atoms. The van der Waals surface area contributed by atoms with Crippen LogP contribution in [-0.2, 0) is 11.2 Å². The predicted octanol–water partition coefficient (Wildman–Crippen LogP) is 4.54. The molecule has 9 nitrogen and oxygen atoms in total. The fourth-order valence-corrected chi connectivity index (χ4v) is 6.65. The maximum atomic E-state index is 16.1. The van der Waals surface area contributed by atoms with Crippen molar-refractivity contribution in [2.45, 2.75) is 51.1 Å². The van der Waals surface area contributed by atoms with E-state index in [9.17, 15) is 9.59 Å². The molecule has 0 saturated carbocycles. The molecular weight excluding hydrogens is 554 g/mol. The molecule has 3 aliphatic heterocycles. The minimum absolute atomic E-state index is 0.0541. The van der Waals surface area contributed by atoms with E-state index in [0.717, 1.165) is 5.56 Å². The van der Waals surface area contributed by atoms with E-state index in [1.54, 1.807) is 17.2 Å². The van der Waals surface area contributed by atoms with Crippen molar-refractivity contribution in [2.24, 2.45) is 0 Å². The number of amides is 1. The lowest BCUT2D eigenvalue weighted by Gasteiger charge is -2.46. The number of ether oxygens (including phenoxy) is 1. The molecule has 7 rings (SSSR count). The van der Waals surface area contributed by atoms with Crippen LogP contribution in [0.25, 0.3) is 28.0 Å². The number of hydrogen-bond donors (Lipinski definition) is 0. The van der Waals surface area contributed by atoms with Crippen LogP contribution in [0.15, 0.2) is 54.0 Å². The second-order valence-corrected chi connectivity index (χ2v) is 11.5. The lowest BCUT2D eigenvalue weighted by atomic mass is 9.97. The topological polar surface area (TPSA) is 93.5 Å². The average molecular weight is 585 g/mol. The predicted molar refractivity (Wildman–Crippen MR) is 158 cm³/mol. The smallest absolute Gasteiger partial charge is 0.355 e. The Morgan fingerprint density at radius 1 is 1.16 bits per heavy atom. The number of likely N-dealkylation sites (tertiary alicyclic amines) is 1. The number of aryl methyl sites for hydroxylation is 1. The van der Waals surface area contributed by atoms with Gasteiger partial charge in [-0.15, -0.1) is 0 Å². The summed E-state index contributed by atoms with van der Waals surface area (Å²) in [6.45, 7) is 8.77. The molecule has 43 heavy (non-hydrogen) atoms. The quantitative estimate of drug-likeness (QED) is 0.327. The van der Waals surface area contributed by atoms with Gasteiger partial charge in [0.05, 0.1) is 41.0 Å². The lowest BCUT2D eigenvalue weighted by molar-refractivity contribution is -0.133. The summed E-state index contributed by atoms with van der Waals surface area (Å²) >= 11 is 0. The molecule has 2 atom stereocenters. The molecule has 1 aromatic carbocycles. The van der Waals surface area contributed by atoms with Crippen molar-refractivity contribution in [3.8, 4) is 22.7 Å². The summed E-state index contributed by atoms with van der Waals surface area (Å²) in [7, 11) is 0. The largest absolute Gasteiger partial charge is 0.493 e. The summed E-state index contributed by atoms with van der Waals surface area (Å²) in [5.74, 6) is -1.18. The van der Waals surface area contributed by atoms with Gasteiger partial charge in [0, 0.05) is 19.3 Å². The Morgan fingerprint density at radius 3 is 2.79 bits per heavy atom. The lowest BCUT2D eigenvalue weighted by Crippen LogP contribution is -2.63. The van der Waals surface area contributed by atoms with Gasteiger partial charge in [0.25, 0.3) is 0 Å². The van der Waals surface area contributed by atoms with Crippen molar-refractivity contribution in [3.63, 3.8) is 0 Å². The van der Waals surface area contributed by atoms with Gasteiger partial charge in [0.2, 0.25) is 5.91 Å². The fourth-order valence-electron chi connectivity index (χ4n) is 6.65. The van der Waals surface area contributed by atoms with E-state index in [1.807, 2.05) is 24.8 Å². The highest BCUT2D eigenvalue weighted by molar-refractivity contribution is 5.92. The summed E-state index contributed by atoms with van der Waals surface area (Å²) in [6.07, 6.45) is 4.80. The fraction of sp³-hybridized carbons (Fsp3) is 0.344. The number of rotatable bonds is 3. The standard InChI is InChI=1S/C32H30F2N6O3/c1-4-25(41)39-16-23-22(39)11-13-38(23)30-19-15-21(34)28-26-20(33)8-5-9-24(26)43-14-6-7-18-10-12-35-27(17(2)3)29(18)40(31(19)36-28)32(42)37-30/h4-5,8-10,12,15,17,22-23H,1,6-7,11,13-14,16H2,2-3H3. The number of fused-ring (bicyclic) bond motifs is 6. The number of carbonyl (C=O) groups is 1. The van der Waals surface area contributed by atoms with Crippen LogP contribution in [0.5, 0.6) is 5.75 Å². The number of anilines is 1. The number of aromatic nitrogens is 4. The van der Waals surface area contributed by atoms with E-state index in [4.69, 9.17) is 9.72 Å². The van der Waals surface area contributed by atoms with Crippen molar-refractivity contribution in [3.05, 3.63) is 82.6 Å². The van der Waals surface area contributed by atoms with Gasteiger partial charge in [-0.1, -0.05) is 26.5 Å². The number of benzene rings is 1. The van der Waals surface area contributed by atoms with Crippen molar-refractivity contribution in [1.82, 2.24) is 24.4 Å². The summed E-state index contributed by atoms with van der Waals surface area (Å²) in [5, 5.41) is 0.315. The number of halogens is 2. The zero-order chi connectivity index (χ0) is 30.0. The van der Waals surface area contributed by atoms with E-state index in [-0.39, 0.29) is 53.2 Å². The zero-order valence-electron chi connectivity index (χ0n) is 23.9. The third-order valence-electron chi connectivity index (χ3n) is 8.69. The highest BCUT2D eigenvalue weighted by atomic mass is 19.1. The van der Waals surface area contributed by atoms with Gasteiger partial charge >= 0.3 is 5.69 Å². The molecule has 2 unspecified atom stereocenters. The molecule has 11 heteroatoms. The first-order chi connectivity index (χ1) is 20.8. The van der Waals surface area contributed by atoms with Crippen LogP contribution >= 0.6 is 0 Å². The summed E-state index contributed by atoms with van der Waals surface area (Å²) < 4.78 is 38.8. The Morgan fingerprint density at radius 2 is 2.00 bits per heavy atom. The van der Waals surface area contributed by atoms with Crippen molar-refractivity contribution < 1.29 is 18.3 Å². The van der Waals surface area contributed by atoms with Crippen LogP contribution in [0, 0.1) is 11.6 Å². The van der Waals surface area contributed by atoms with E-state index in [1.165, 1.54) is 28.8 Å². The molecule has 3 aromatic heterocycles. The van der Waals surface area contributed by atoms with E-state index in [2.05, 4.69) is 16.5 Å². The Labute approximate surface area is 246 Å². The summed E-state index contributed by atoms with van der Waals surface area (Å²) in [5.41, 5.74) is 1.28. The molecule has 2 fully saturated rings.